The zero-order valence-electron chi connectivity index (χ0n) is 15.7. The predicted molar refractivity (Wildman–Crippen MR) is 89.7 cm³/mol. The van der Waals surface area contributed by atoms with Gasteiger partial charge < -0.3 is 15.2 Å². The summed E-state index contributed by atoms with van der Waals surface area (Å²) >= 11 is 0. The third-order valence-corrected chi connectivity index (χ3v) is 4.02. The van der Waals surface area contributed by atoms with Crippen LogP contribution in [0.4, 0.5) is 35.1 Å². The van der Waals surface area contributed by atoms with E-state index in [0.717, 1.165) is 6.07 Å². The SMILES string of the molecule is CC(C)OCCC(Cc1cccc(C(F)(F)C(F)(F)F)c1)NCC(O)C(F)(F)F. The second-order valence-electron chi connectivity index (χ2n) is 6.85. The van der Waals surface area contributed by atoms with Crippen LogP contribution in [0.3, 0.4) is 0 Å². The van der Waals surface area contributed by atoms with E-state index in [4.69, 9.17) is 9.84 Å². The van der Waals surface area contributed by atoms with Gasteiger partial charge in [0.15, 0.2) is 6.10 Å². The molecule has 0 aliphatic heterocycles. The Balaban J connectivity index is 2.93. The summed E-state index contributed by atoms with van der Waals surface area (Å²) in [5, 5.41) is 11.6. The normalized spacial score (nSPS) is 15.6. The van der Waals surface area contributed by atoms with Gasteiger partial charge in [0.2, 0.25) is 0 Å². The van der Waals surface area contributed by atoms with Crippen LogP contribution in [-0.2, 0) is 17.1 Å². The van der Waals surface area contributed by atoms with Gasteiger partial charge in [-0.3, -0.25) is 0 Å². The Morgan fingerprint density at radius 1 is 1.03 bits per heavy atom. The van der Waals surface area contributed by atoms with Crippen molar-refractivity contribution >= 4 is 0 Å². The molecule has 168 valence electrons. The van der Waals surface area contributed by atoms with Crippen LogP contribution in [0.1, 0.15) is 31.4 Å². The van der Waals surface area contributed by atoms with Gasteiger partial charge in [-0.15, -0.1) is 0 Å². The molecule has 0 saturated heterocycles. The number of nitrogens with one attached hydrogen (secondary N) is 1. The molecule has 1 aromatic rings. The summed E-state index contributed by atoms with van der Waals surface area (Å²) in [6.07, 6.45) is -13.4. The molecule has 0 fully saturated rings. The van der Waals surface area contributed by atoms with Crippen molar-refractivity contribution in [2.24, 2.45) is 0 Å². The highest BCUT2D eigenvalue weighted by Gasteiger charge is 2.58. The number of benzene rings is 1. The largest absolute Gasteiger partial charge is 0.458 e. The van der Waals surface area contributed by atoms with Crippen LogP contribution in [0.5, 0.6) is 0 Å². The molecule has 0 spiro atoms. The molecule has 3 nitrogen and oxygen atoms in total. The van der Waals surface area contributed by atoms with Crippen LogP contribution in [-0.4, -0.2) is 48.9 Å². The fourth-order valence-corrected chi connectivity index (χ4v) is 2.46. The zero-order valence-corrected chi connectivity index (χ0v) is 15.7. The van der Waals surface area contributed by atoms with E-state index in [1.165, 1.54) is 6.07 Å². The van der Waals surface area contributed by atoms with E-state index in [1.807, 2.05) is 0 Å². The van der Waals surface area contributed by atoms with E-state index >= 15 is 0 Å². The lowest BCUT2D eigenvalue weighted by Gasteiger charge is -2.24. The first kappa shape index (κ1) is 25.6. The molecule has 2 unspecified atom stereocenters. The van der Waals surface area contributed by atoms with Crippen molar-refractivity contribution < 1.29 is 45.0 Å². The third kappa shape index (κ3) is 8.06. The van der Waals surface area contributed by atoms with Crippen molar-refractivity contribution in [3.63, 3.8) is 0 Å². The van der Waals surface area contributed by atoms with Crippen molar-refractivity contribution in [1.82, 2.24) is 5.32 Å². The molecule has 0 amide bonds. The molecule has 0 aliphatic carbocycles. The molecule has 0 aliphatic rings. The Bertz CT molecular complexity index is 631. The Kier molecular flexibility index (Phi) is 8.85. The van der Waals surface area contributed by atoms with Crippen molar-refractivity contribution in [3.8, 4) is 0 Å². The first-order valence-corrected chi connectivity index (χ1v) is 8.78. The average molecular weight is 437 g/mol. The lowest BCUT2D eigenvalue weighted by Crippen LogP contribution is -2.43. The van der Waals surface area contributed by atoms with Gasteiger partial charge in [0.05, 0.1) is 6.10 Å². The number of hydrogen-bond acceptors (Lipinski definition) is 3. The summed E-state index contributed by atoms with van der Waals surface area (Å²) in [7, 11) is 0. The maximum atomic E-state index is 13.5. The molecule has 0 heterocycles. The molecule has 2 N–H and O–H groups in total. The smallest absolute Gasteiger partial charge is 0.382 e. The lowest BCUT2D eigenvalue weighted by atomic mass is 9.98. The van der Waals surface area contributed by atoms with Gasteiger partial charge in [0.1, 0.15) is 0 Å². The molecule has 11 heteroatoms. The summed E-state index contributed by atoms with van der Waals surface area (Å²) < 4.78 is 108. The van der Waals surface area contributed by atoms with Gasteiger partial charge in [-0.25, -0.2) is 0 Å². The topological polar surface area (TPSA) is 41.5 Å². The summed E-state index contributed by atoms with van der Waals surface area (Å²) in [6, 6.07) is 2.88. The molecule has 0 saturated carbocycles. The summed E-state index contributed by atoms with van der Waals surface area (Å²) in [5.74, 6) is -5.06. The lowest BCUT2D eigenvalue weighted by molar-refractivity contribution is -0.289. The fourth-order valence-electron chi connectivity index (χ4n) is 2.46. The number of hydrogen-bond donors (Lipinski definition) is 2. The number of ether oxygens (including phenoxy) is 1. The van der Waals surface area contributed by atoms with Crippen molar-refractivity contribution in [2.75, 3.05) is 13.2 Å². The first-order chi connectivity index (χ1) is 13.1. The quantitative estimate of drug-likeness (QED) is 0.527. The Labute approximate surface area is 163 Å². The second kappa shape index (κ2) is 10.0. The van der Waals surface area contributed by atoms with Gasteiger partial charge >= 0.3 is 18.3 Å². The molecule has 2 atom stereocenters. The predicted octanol–water partition coefficient (Wildman–Crippen LogP) is 4.58. The van der Waals surface area contributed by atoms with E-state index in [-0.39, 0.29) is 31.1 Å². The highest BCUT2D eigenvalue weighted by atomic mass is 19.4. The number of aliphatic hydroxyl groups excluding tert-OH is 1. The van der Waals surface area contributed by atoms with Gasteiger partial charge in [-0.2, -0.15) is 35.1 Å². The molecule has 1 rings (SSSR count). The van der Waals surface area contributed by atoms with E-state index in [0.29, 0.717) is 12.1 Å². The van der Waals surface area contributed by atoms with Gasteiger partial charge in [0, 0.05) is 24.8 Å². The van der Waals surface area contributed by atoms with Crippen LogP contribution in [0.25, 0.3) is 0 Å². The zero-order chi connectivity index (χ0) is 22.5. The molecule has 0 radical (unpaired) electrons. The van der Waals surface area contributed by atoms with E-state index < -0.39 is 42.5 Å². The summed E-state index contributed by atoms with van der Waals surface area (Å²) in [5.41, 5.74) is -1.18. The standard InChI is InChI=1S/C18H23F8NO2/c1-11(2)29-7-6-14(27-10-15(28)17(21,22)23)9-12-4-3-5-13(8-12)16(19,20)18(24,25)26/h3-5,8,11,14-15,27-28H,6-7,9-10H2,1-2H3. The highest BCUT2D eigenvalue weighted by Crippen LogP contribution is 2.43. The number of alkyl halides is 8. The molecular weight excluding hydrogens is 414 g/mol. The molecule has 0 aromatic heterocycles. The summed E-state index contributed by atoms with van der Waals surface area (Å²) in [4.78, 5) is 0. The Hall–Kier alpha value is -1.46. The number of aliphatic hydroxyl groups is 1. The minimum atomic E-state index is -5.77. The molecule has 0 bridgehead atoms. The third-order valence-electron chi connectivity index (χ3n) is 4.02. The number of halogens is 8. The fraction of sp³-hybridized carbons (Fsp3) is 0.667. The maximum absolute atomic E-state index is 13.5. The van der Waals surface area contributed by atoms with Crippen LogP contribution >= 0.6 is 0 Å². The maximum Gasteiger partial charge on any atom is 0.458 e. The van der Waals surface area contributed by atoms with Crippen molar-refractivity contribution in [2.45, 2.75) is 63.2 Å². The van der Waals surface area contributed by atoms with Crippen molar-refractivity contribution in [3.05, 3.63) is 35.4 Å². The minimum Gasteiger partial charge on any atom is -0.382 e. The minimum absolute atomic E-state index is 0.0787. The van der Waals surface area contributed by atoms with E-state index in [1.54, 1.807) is 13.8 Å². The first-order valence-electron chi connectivity index (χ1n) is 8.78. The monoisotopic (exact) mass is 437 g/mol. The van der Waals surface area contributed by atoms with Gasteiger partial charge in [-0.05, 0) is 38.3 Å². The Morgan fingerprint density at radius 2 is 1.66 bits per heavy atom. The molecule has 29 heavy (non-hydrogen) atoms. The number of rotatable bonds is 10. The van der Waals surface area contributed by atoms with E-state index in [2.05, 4.69) is 5.32 Å². The molecular formula is C18H23F8NO2. The second-order valence-corrected chi connectivity index (χ2v) is 6.85. The van der Waals surface area contributed by atoms with Crippen LogP contribution < -0.4 is 5.32 Å². The molecule has 1 aromatic carbocycles. The van der Waals surface area contributed by atoms with Crippen LogP contribution in [0.2, 0.25) is 0 Å². The van der Waals surface area contributed by atoms with Gasteiger partial charge in [-0.1, -0.05) is 18.2 Å². The summed E-state index contributed by atoms with van der Waals surface area (Å²) in [6.45, 7) is 2.74. The Morgan fingerprint density at radius 3 is 2.17 bits per heavy atom. The van der Waals surface area contributed by atoms with Crippen LogP contribution in [0.15, 0.2) is 24.3 Å². The average Bonchev–Trinajstić information content (AvgIpc) is 2.57. The van der Waals surface area contributed by atoms with Gasteiger partial charge in [0.25, 0.3) is 0 Å². The van der Waals surface area contributed by atoms with Crippen molar-refractivity contribution in [1.29, 1.82) is 0 Å². The van der Waals surface area contributed by atoms with E-state index in [9.17, 15) is 35.1 Å². The van der Waals surface area contributed by atoms with Crippen LogP contribution in [0, 0.1) is 0 Å². The highest BCUT2D eigenvalue weighted by molar-refractivity contribution is 5.28.